The van der Waals surface area contributed by atoms with Gasteiger partial charge in [0.25, 0.3) is 0 Å². The van der Waals surface area contributed by atoms with E-state index in [2.05, 4.69) is 5.10 Å². The van der Waals surface area contributed by atoms with Crippen LogP contribution < -0.4 is 0 Å². The third-order valence-corrected chi connectivity index (χ3v) is 2.74. The van der Waals surface area contributed by atoms with Crippen LogP contribution in [-0.2, 0) is 0 Å². The lowest BCUT2D eigenvalue weighted by Gasteiger charge is -2.11. The van der Waals surface area contributed by atoms with Gasteiger partial charge in [-0.25, -0.2) is 8.78 Å². The molecule has 94 valence electrons. The van der Waals surface area contributed by atoms with E-state index >= 15 is 0 Å². The lowest BCUT2D eigenvalue weighted by molar-refractivity contribution is 0.0924. The van der Waals surface area contributed by atoms with Crippen molar-refractivity contribution in [3.8, 4) is 0 Å². The molecule has 1 unspecified atom stereocenters. The van der Waals surface area contributed by atoms with Crippen LogP contribution >= 0.6 is 11.6 Å². The molecule has 2 aromatic rings. The van der Waals surface area contributed by atoms with Crippen molar-refractivity contribution in [1.82, 2.24) is 9.78 Å². The predicted molar refractivity (Wildman–Crippen MR) is 62.6 cm³/mol. The molecule has 1 atom stereocenters. The van der Waals surface area contributed by atoms with E-state index in [0.717, 1.165) is 12.1 Å². The van der Waals surface area contributed by atoms with E-state index < -0.39 is 23.5 Å². The van der Waals surface area contributed by atoms with Crippen molar-refractivity contribution in [2.75, 3.05) is 0 Å². The molecule has 0 aliphatic heterocycles. The van der Waals surface area contributed by atoms with Crippen LogP contribution in [0.2, 0.25) is 5.02 Å². The maximum Gasteiger partial charge on any atom is 0.190 e. The van der Waals surface area contributed by atoms with Gasteiger partial charge < -0.3 is 0 Å². The van der Waals surface area contributed by atoms with Gasteiger partial charge in [-0.1, -0.05) is 11.6 Å². The molecular formula is C12H9ClF2N2O. The van der Waals surface area contributed by atoms with Crippen molar-refractivity contribution in [3.05, 3.63) is 52.8 Å². The van der Waals surface area contributed by atoms with Crippen LogP contribution in [0, 0.1) is 11.6 Å². The van der Waals surface area contributed by atoms with Gasteiger partial charge in [0.05, 0.1) is 16.8 Å². The van der Waals surface area contributed by atoms with Gasteiger partial charge in [-0.3, -0.25) is 9.48 Å². The fourth-order valence-electron chi connectivity index (χ4n) is 1.56. The molecule has 6 heteroatoms. The van der Waals surface area contributed by atoms with E-state index in [-0.39, 0.29) is 5.56 Å². The number of aromatic nitrogens is 2. The van der Waals surface area contributed by atoms with Crippen molar-refractivity contribution in [2.45, 2.75) is 13.0 Å². The zero-order chi connectivity index (χ0) is 13.3. The quantitative estimate of drug-likeness (QED) is 0.803. The number of ketones is 1. The minimum atomic E-state index is -0.884. The molecule has 0 N–H and O–H groups in total. The van der Waals surface area contributed by atoms with Crippen molar-refractivity contribution >= 4 is 17.4 Å². The van der Waals surface area contributed by atoms with Crippen LogP contribution in [0.25, 0.3) is 0 Å². The summed E-state index contributed by atoms with van der Waals surface area (Å²) in [5, 5.41) is 4.26. The molecule has 0 saturated heterocycles. The van der Waals surface area contributed by atoms with Crippen LogP contribution in [0.4, 0.5) is 8.78 Å². The van der Waals surface area contributed by atoms with Crippen molar-refractivity contribution in [3.63, 3.8) is 0 Å². The number of hydrogen-bond donors (Lipinski definition) is 0. The number of benzene rings is 1. The van der Waals surface area contributed by atoms with Gasteiger partial charge in [0.2, 0.25) is 0 Å². The summed E-state index contributed by atoms with van der Waals surface area (Å²) in [4.78, 5) is 12.0. The Morgan fingerprint density at radius 3 is 2.72 bits per heavy atom. The average molecular weight is 271 g/mol. The maximum absolute atomic E-state index is 13.5. The first-order valence-electron chi connectivity index (χ1n) is 5.18. The van der Waals surface area contributed by atoms with E-state index in [4.69, 9.17) is 11.6 Å². The highest BCUT2D eigenvalue weighted by Crippen LogP contribution is 2.18. The maximum atomic E-state index is 13.5. The summed E-state index contributed by atoms with van der Waals surface area (Å²) >= 11 is 5.69. The van der Waals surface area contributed by atoms with Crippen molar-refractivity contribution in [2.24, 2.45) is 0 Å². The fraction of sp³-hybridized carbons (Fsp3) is 0.167. The van der Waals surface area contributed by atoms with Gasteiger partial charge in [0, 0.05) is 12.3 Å². The second kappa shape index (κ2) is 4.86. The van der Waals surface area contributed by atoms with E-state index in [9.17, 15) is 13.6 Å². The van der Waals surface area contributed by atoms with Gasteiger partial charge in [-0.2, -0.15) is 5.10 Å². The topological polar surface area (TPSA) is 34.9 Å². The molecule has 0 aliphatic carbocycles. The summed E-state index contributed by atoms with van der Waals surface area (Å²) in [6.07, 6.45) is 2.85. The number of halogens is 3. The molecule has 0 bridgehead atoms. The normalized spacial score (nSPS) is 12.4. The van der Waals surface area contributed by atoms with E-state index in [1.807, 2.05) is 0 Å². The Bertz CT molecular complexity index is 598. The number of carbonyl (C=O) groups excluding carboxylic acids is 1. The summed E-state index contributed by atoms with van der Waals surface area (Å²) in [7, 11) is 0. The molecule has 2 rings (SSSR count). The standard InChI is InChI=1S/C12H9ClF2N2O/c1-7(17-6-8(13)5-16-17)12(18)10-3-2-9(14)4-11(10)15/h2-7H,1H3. The zero-order valence-corrected chi connectivity index (χ0v) is 10.2. The molecule has 1 aromatic carbocycles. The number of carbonyl (C=O) groups is 1. The third kappa shape index (κ3) is 2.41. The summed E-state index contributed by atoms with van der Waals surface area (Å²) < 4.78 is 27.5. The minimum Gasteiger partial charge on any atom is -0.292 e. The van der Waals surface area contributed by atoms with E-state index in [0.29, 0.717) is 11.1 Å². The summed E-state index contributed by atoms with van der Waals surface area (Å²) in [6.45, 7) is 1.56. The Hall–Kier alpha value is -1.75. The van der Waals surface area contributed by atoms with Gasteiger partial charge >= 0.3 is 0 Å². The Morgan fingerprint density at radius 2 is 2.17 bits per heavy atom. The highest BCUT2D eigenvalue weighted by atomic mass is 35.5. The van der Waals surface area contributed by atoms with Gasteiger partial charge in [-0.05, 0) is 19.1 Å². The summed E-state index contributed by atoms with van der Waals surface area (Å²) in [5.74, 6) is -2.10. The lowest BCUT2D eigenvalue weighted by atomic mass is 10.1. The molecule has 0 amide bonds. The van der Waals surface area contributed by atoms with Gasteiger partial charge in [-0.15, -0.1) is 0 Å². The lowest BCUT2D eigenvalue weighted by Crippen LogP contribution is -2.18. The van der Waals surface area contributed by atoms with E-state index in [1.54, 1.807) is 6.92 Å². The Labute approximate surface area is 107 Å². The number of Topliss-reactive ketones (excluding diaryl/α,β-unsaturated/α-hetero) is 1. The first-order valence-corrected chi connectivity index (χ1v) is 5.56. The Kier molecular flexibility index (Phi) is 3.43. The summed E-state index contributed by atoms with van der Waals surface area (Å²) in [6, 6.07) is 2.13. The smallest absolute Gasteiger partial charge is 0.190 e. The molecule has 0 fully saturated rings. The highest BCUT2D eigenvalue weighted by molar-refractivity contribution is 6.30. The fourth-order valence-corrected chi connectivity index (χ4v) is 1.70. The first kappa shape index (κ1) is 12.7. The number of hydrogen-bond acceptors (Lipinski definition) is 2. The molecule has 18 heavy (non-hydrogen) atoms. The number of nitrogens with zero attached hydrogens (tertiary/aromatic N) is 2. The first-order chi connectivity index (χ1) is 8.49. The van der Waals surface area contributed by atoms with Gasteiger partial charge in [0.1, 0.15) is 17.7 Å². The average Bonchev–Trinajstić information content (AvgIpc) is 2.74. The van der Waals surface area contributed by atoms with Crippen LogP contribution in [0.5, 0.6) is 0 Å². The second-order valence-corrected chi connectivity index (χ2v) is 4.24. The van der Waals surface area contributed by atoms with Crippen molar-refractivity contribution < 1.29 is 13.6 Å². The largest absolute Gasteiger partial charge is 0.292 e. The second-order valence-electron chi connectivity index (χ2n) is 3.80. The minimum absolute atomic E-state index is 0.171. The Morgan fingerprint density at radius 1 is 1.44 bits per heavy atom. The molecule has 1 aromatic heterocycles. The Balaban J connectivity index is 2.31. The number of rotatable bonds is 3. The molecule has 0 aliphatic rings. The third-order valence-electron chi connectivity index (χ3n) is 2.54. The van der Waals surface area contributed by atoms with Crippen LogP contribution in [0.3, 0.4) is 0 Å². The highest BCUT2D eigenvalue weighted by Gasteiger charge is 2.21. The van der Waals surface area contributed by atoms with Crippen LogP contribution in [0.15, 0.2) is 30.6 Å². The molecular weight excluding hydrogens is 262 g/mol. The molecule has 3 nitrogen and oxygen atoms in total. The van der Waals surface area contributed by atoms with Crippen LogP contribution in [0.1, 0.15) is 23.3 Å². The van der Waals surface area contributed by atoms with Crippen LogP contribution in [-0.4, -0.2) is 15.6 Å². The monoisotopic (exact) mass is 270 g/mol. The molecule has 1 heterocycles. The van der Waals surface area contributed by atoms with E-state index in [1.165, 1.54) is 17.1 Å². The summed E-state index contributed by atoms with van der Waals surface area (Å²) in [5.41, 5.74) is -0.171. The predicted octanol–water partition coefficient (Wildman–Crippen LogP) is 3.26. The van der Waals surface area contributed by atoms with Gasteiger partial charge in [0.15, 0.2) is 5.78 Å². The SMILES string of the molecule is CC(C(=O)c1ccc(F)cc1F)n1cc(Cl)cn1. The van der Waals surface area contributed by atoms with Crippen molar-refractivity contribution in [1.29, 1.82) is 0 Å². The molecule has 0 radical (unpaired) electrons. The molecule has 0 saturated carbocycles. The molecule has 0 spiro atoms. The zero-order valence-electron chi connectivity index (χ0n) is 9.40.